The lowest BCUT2D eigenvalue weighted by molar-refractivity contribution is 0.0526. The van der Waals surface area contributed by atoms with Gasteiger partial charge in [-0.25, -0.2) is 19.4 Å². The first-order valence-corrected chi connectivity index (χ1v) is 10.5. The van der Waals surface area contributed by atoms with Gasteiger partial charge in [-0.1, -0.05) is 5.92 Å². The predicted molar refractivity (Wildman–Crippen MR) is 122 cm³/mol. The summed E-state index contributed by atoms with van der Waals surface area (Å²) in [5.41, 5.74) is 12.3. The molecule has 0 amide bonds. The maximum absolute atomic E-state index is 12.3. The summed E-state index contributed by atoms with van der Waals surface area (Å²) in [5, 5.41) is 4.42. The van der Waals surface area contributed by atoms with E-state index in [1.807, 2.05) is 0 Å². The van der Waals surface area contributed by atoms with Crippen LogP contribution in [0.3, 0.4) is 0 Å². The minimum atomic E-state index is -0.492. The fourth-order valence-electron chi connectivity index (χ4n) is 3.96. The minimum absolute atomic E-state index is 0.206. The molecule has 8 heteroatoms. The van der Waals surface area contributed by atoms with Crippen LogP contribution in [-0.2, 0) is 17.7 Å². The zero-order valence-electron chi connectivity index (χ0n) is 18.8. The van der Waals surface area contributed by atoms with Crippen LogP contribution in [0.5, 0.6) is 0 Å². The van der Waals surface area contributed by atoms with E-state index >= 15 is 0 Å². The van der Waals surface area contributed by atoms with E-state index in [2.05, 4.69) is 52.9 Å². The first-order chi connectivity index (χ1) is 15.4. The number of nitrogen functional groups attached to an aromatic ring is 1. The number of aryl methyl sites for hydroxylation is 1. The molecule has 164 valence electrons. The van der Waals surface area contributed by atoms with Crippen molar-refractivity contribution in [2.75, 3.05) is 25.9 Å². The zero-order chi connectivity index (χ0) is 22.8. The molecule has 1 aromatic carbocycles. The van der Waals surface area contributed by atoms with Crippen molar-refractivity contribution in [1.29, 1.82) is 0 Å². The third-order valence-electron chi connectivity index (χ3n) is 5.50. The Balaban J connectivity index is 1.78. The molecular weight excluding hydrogens is 404 g/mol. The van der Waals surface area contributed by atoms with Crippen LogP contribution in [-0.4, -0.2) is 50.8 Å². The van der Waals surface area contributed by atoms with Gasteiger partial charge >= 0.3 is 5.97 Å². The number of rotatable bonds is 4. The number of fused-ring (bicyclic) bond motifs is 1. The fourth-order valence-corrected chi connectivity index (χ4v) is 3.96. The Morgan fingerprint density at radius 1 is 1.34 bits per heavy atom. The second-order valence-electron chi connectivity index (χ2n) is 7.81. The van der Waals surface area contributed by atoms with Gasteiger partial charge in [0.15, 0.2) is 11.6 Å². The summed E-state index contributed by atoms with van der Waals surface area (Å²) >= 11 is 0. The highest BCUT2D eigenvalue weighted by molar-refractivity contribution is 5.91. The summed E-state index contributed by atoms with van der Waals surface area (Å²) < 4.78 is 6.57. The predicted octanol–water partition coefficient (Wildman–Crippen LogP) is 2.76. The van der Waals surface area contributed by atoms with Gasteiger partial charge in [-0.2, -0.15) is 5.10 Å². The zero-order valence-corrected chi connectivity index (χ0v) is 18.8. The van der Waals surface area contributed by atoms with E-state index in [0.717, 1.165) is 25.1 Å². The summed E-state index contributed by atoms with van der Waals surface area (Å²) in [4.78, 5) is 23.7. The molecule has 2 aromatic heterocycles. The van der Waals surface area contributed by atoms with Crippen LogP contribution in [0.15, 0.2) is 24.5 Å². The molecular formula is C24H26N6O2. The van der Waals surface area contributed by atoms with Crippen molar-refractivity contribution in [2.45, 2.75) is 33.7 Å². The Hall–Kier alpha value is -3.70. The normalized spacial score (nSPS) is 13.2. The number of carbonyl (C=O) groups is 1. The first kappa shape index (κ1) is 21.5. The molecule has 2 N–H and O–H groups in total. The molecule has 0 saturated carbocycles. The number of benzene rings is 1. The van der Waals surface area contributed by atoms with Gasteiger partial charge in [0, 0.05) is 24.8 Å². The van der Waals surface area contributed by atoms with Crippen LogP contribution in [0.4, 0.5) is 5.82 Å². The molecule has 1 aliphatic heterocycles. The maximum atomic E-state index is 12.3. The van der Waals surface area contributed by atoms with E-state index in [1.165, 1.54) is 27.6 Å². The number of esters is 1. The molecule has 0 unspecified atom stereocenters. The fraction of sp³-hybridized carbons (Fsp3) is 0.333. The van der Waals surface area contributed by atoms with Crippen molar-refractivity contribution >= 4 is 11.8 Å². The van der Waals surface area contributed by atoms with Gasteiger partial charge in [-0.15, -0.1) is 0 Å². The van der Waals surface area contributed by atoms with E-state index in [1.54, 1.807) is 20.0 Å². The summed E-state index contributed by atoms with van der Waals surface area (Å²) in [6.07, 6.45) is 4.24. The van der Waals surface area contributed by atoms with E-state index in [9.17, 15) is 4.79 Å². The van der Waals surface area contributed by atoms with Gasteiger partial charge in [0.2, 0.25) is 0 Å². The molecule has 1 aliphatic rings. The largest absolute Gasteiger partial charge is 0.462 e. The summed E-state index contributed by atoms with van der Waals surface area (Å²) in [5.74, 6) is 5.66. The first-order valence-electron chi connectivity index (χ1n) is 10.5. The minimum Gasteiger partial charge on any atom is -0.462 e. The number of carbonyl (C=O) groups excluding carboxylic acids is 1. The van der Waals surface area contributed by atoms with E-state index in [4.69, 9.17) is 15.5 Å². The number of anilines is 1. The smallest absolute Gasteiger partial charge is 0.342 e. The van der Waals surface area contributed by atoms with Gasteiger partial charge in [-0.05, 0) is 69.0 Å². The van der Waals surface area contributed by atoms with Crippen molar-refractivity contribution in [2.24, 2.45) is 0 Å². The van der Waals surface area contributed by atoms with Gasteiger partial charge in [0.05, 0.1) is 18.5 Å². The molecule has 4 rings (SSSR count). The topological polar surface area (TPSA) is 99.2 Å². The molecule has 0 spiro atoms. The average Bonchev–Trinajstić information content (AvgIpc) is 3.18. The third kappa shape index (κ3) is 4.07. The Morgan fingerprint density at radius 2 is 2.16 bits per heavy atom. The van der Waals surface area contributed by atoms with Crippen molar-refractivity contribution in [3.8, 4) is 28.9 Å². The molecule has 0 saturated heterocycles. The third-order valence-corrected chi connectivity index (χ3v) is 5.50. The summed E-state index contributed by atoms with van der Waals surface area (Å²) in [6, 6.07) is 4.30. The highest BCUT2D eigenvalue weighted by atomic mass is 16.5. The Bertz CT molecular complexity index is 1250. The molecule has 8 nitrogen and oxygen atoms in total. The quantitative estimate of drug-likeness (QED) is 0.502. The SMILES string of the molecule is CC#Cc1nn(-c2nc(-c3cc(C)c4c(c3)CN(C)CC4)cnc2N)cc1C(=O)OCC. The van der Waals surface area contributed by atoms with E-state index in [0.29, 0.717) is 17.2 Å². The Morgan fingerprint density at radius 3 is 2.91 bits per heavy atom. The second kappa shape index (κ2) is 8.81. The second-order valence-corrected chi connectivity index (χ2v) is 7.81. The molecule has 0 bridgehead atoms. The van der Waals surface area contributed by atoms with Crippen LogP contribution in [0.25, 0.3) is 17.1 Å². The molecule has 0 atom stereocenters. The van der Waals surface area contributed by atoms with Crippen LogP contribution in [0.1, 0.15) is 46.6 Å². The van der Waals surface area contributed by atoms with Crippen LogP contribution < -0.4 is 5.73 Å². The number of aromatic nitrogens is 4. The molecule has 3 aromatic rings. The standard InChI is InChI=1S/C24H26N6O2/c1-5-7-20-19(24(31)32-6-2)14-30(28-20)23-22(25)26-12-21(27-23)16-10-15(3)18-8-9-29(4)13-17(18)11-16/h10-12,14H,6,8-9,13H2,1-4H3,(H2,25,26). The van der Waals surface area contributed by atoms with Crippen LogP contribution in [0.2, 0.25) is 0 Å². The van der Waals surface area contributed by atoms with Gasteiger partial charge in [-0.3, -0.25) is 0 Å². The van der Waals surface area contributed by atoms with Crippen molar-refractivity contribution in [3.05, 3.63) is 52.5 Å². The molecule has 0 fully saturated rings. The summed E-state index contributed by atoms with van der Waals surface area (Å²) in [7, 11) is 2.13. The van der Waals surface area contributed by atoms with E-state index < -0.39 is 5.97 Å². The molecule has 0 aliphatic carbocycles. The Kier molecular flexibility index (Phi) is 5.93. The number of ether oxygens (including phenoxy) is 1. The molecule has 0 radical (unpaired) electrons. The lowest BCUT2D eigenvalue weighted by Crippen LogP contribution is -2.27. The molecule has 3 heterocycles. The monoisotopic (exact) mass is 430 g/mol. The highest BCUT2D eigenvalue weighted by Crippen LogP contribution is 2.29. The number of likely N-dealkylation sites (N-methyl/N-ethyl adjacent to an activating group) is 1. The van der Waals surface area contributed by atoms with E-state index in [-0.39, 0.29) is 18.0 Å². The number of nitrogens with zero attached hydrogens (tertiary/aromatic N) is 5. The molecule has 32 heavy (non-hydrogen) atoms. The van der Waals surface area contributed by atoms with Gasteiger partial charge < -0.3 is 15.4 Å². The summed E-state index contributed by atoms with van der Waals surface area (Å²) in [6.45, 7) is 7.78. The van der Waals surface area contributed by atoms with Crippen molar-refractivity contribution in [3.63, 3.8) is 0 Å². The van der Waals surface area contributed by atoms with Crippen molar-refractivity contribution in [1.82, 2.24) is 24.6 Å². The number of hydrogen-bond acceptors (Lipinski definition) is 7. The van der Waals surface area contributed by atoms with Gasteiger partial charge in [0.1, 0.15) is 11.3 Å². The lowest BCUT2D eigenvalue weighted by Gasteiger charge is -2.27. The lowest BCUT2D eigenvalue weighted by atomic mass is 9.92. The highest BCUT2D eigenvalue weighted by Gasteiger charge is 2.21. The maximum Gasteiger partial charge on any atom is 0.342 e. The average molecular weight is 431 g/mol. The van der Waals surface area contributed by atoms with Crippen molar-refractivity contribution < 1.29 is 9.53 Å². The van der Waals surface area contributed by atoms with Crippen LogP contribution in [0, 0.1) is 18.8 Å². The van der Waals surface area contributed by atoms with Gasteiger partial charge in [0.25, 0.3) is 0 Å². The Labute approximate surface area is 187 Å². The number of hydrogen-bond donors (Lipinski definition) is 1. The van der Waals surface area contributed by atoms with Crippen LogP contribution >= 0.6 is 0 Å². The number of nitrogens with two attached hydrogens (primary N) is 1.